The van der Waals surface area contributed by atoms with E-state index in [9.17, 15) is 5.11 Å². The van der Waals surface area contributed by atoms with Gasteiger partial charge in [-0.15, -0.1) is 24.8 Å². The van der Waals surface area contributed by atoms with Crippen molar-refractivity contribution in [1.82, 2.24) is 10.2 Å². The SMILES string of the molecule is C[C@@H](c1cccc(C#N)c1O)N1CCNCC1.Cl.Cl. The van der Waals surface area contributed by atoms with Crippen LogP contribution in [0, 0.1) is 11.3 Å². The molecule has 0 radical (unpaired) electrons. The average molecular weight is 304 g/mol. The molecule has 0 unspecified atom stereocenters. The molecule has 1 fully saturated rings. The molecule has 1 aromatic rings. The molecule has 0 spiro atoms. The van der Waals surface area contributed by atoms with Crippen LogP contribution in [-0.2, 0) is 0 Å². The Kier molecular flexibility index (Phi) is 7.81. The van der Waals surface area contributed by atoms with E-state index in [1.165, 1.54) is 0 Å². The molecule has 1 aliphatic rings. The van der Waals surface area contributed by atoms with Crippen LogP contribution in [0.1, 0.15) is 24.1 Å². The summed E-state index contributed by atoms with van der Waals surface area (Å²) in [4.78, 5) is 2.31. The highest BCUT2D eigenvalue weighted by Crippen LogP contribution is 2.30. The van der Waals surface area contributed by atoms with E-state index in [0.29, 0.717) is 5.56 Å². The fraction of sp³-hybridized carbons (Fsp3) is 0.462. The molecule has 0 aliphatic carbocycles. The van der Waals surface area contributed by atoms with Crippen molar-refractivity contribution in [3.8, 4) is 11.8 Å². The molecule has 106 valence electrons. The average Bonchev–Trinajstić information content (AvgIpc) is 2.39. The minimum Gasteiger partial charge on any atom is -0.506 e. The highest BCUT2D eigenvalue weighted by Gasteiger charge is 2.21. The lowest BCUT2D eigenvalue weighted by atomic mass is 10.0. The van der Waals surface area contributed by atoms with E-state index in [2.05, 4.69) is 17.1 Å². The number of hydrogen-bond donors (Lipinski definition) is 2. The van der Waals surface area contributed by atoms with Crippen molar-refractivity contribution < 1.29 is 5.11 Å². The number of aromatic hydroxyl groups is 1. The smallest absolute Gasteiger partial charge is 0.138 e. The Labute approximate surface area is 126 Å². The summed E-state index contributed by atoms with van der Waals surface area (Å²) in [5.41, 5.74) is 1.19. The number of phenols is 1. The van der Waals surface area contributed by atoms with Crippen LogP contribution in [0.2, 0.25) is 0 Å². The molecule has 4 nitrogen and oxygen atoms in total. The van der Waals surface area contributed by atoms with Crippen LogP contribution in [0.4, 0.5) is 0 Å². The fourth-order valence-electron chi connectivity index (χ4n) is 2.25. The Balaban J connectivity index is 0.00000162. The molecule has 0 saturated carbocycles. The monoisotopic (exact) mass is 303 g/mol. The Morgan fingerprint density at radius 1 is 1.32 bits per heavy atom. The van der Waals surface area contributed by atoms with Crippen molar-refractivity contribution in [2.75, 3.05) is 26.2 Å². The minimum atomic E-state index is 0. The summed E-state index contributed by atoms with van der Waals surface area (Å²) in [5, 5.41) is 22.2. The van der Waals surface area contributed by atoms with Crippen molar-refractivity contribution in [2.24, 2.45) is 0 Å². The van der Waals surface area contributed by atoms with Crippen LogP contribution < -0.4 is 5.32 Å². The van der Waals surface area contributed by atoms with Gasteiger partial charge in [0, 0.05) is 37.8 Å². The number of piperazine rings is 1. The highest BCUT2D eigenvalue weighted by molar-refractivity contribution is 5.85. The third kappa shape index (κ3) is 3.99. The normalized spacial score (nSPS) is 16.6. The number of rotatable bonds is 2. The first kappa shape index (κ1) is 18.0. The topological polar surface area (TPSA) is 59.3 Å². The second kappa shape index (κ2) is 8.23. The first-order valence-electron chi connectivity index (χ1n) is 5.91. The number of para-hydroxylation sites is 1. The summed E-state index contributed by atoms with van der Waals surface area (Å²) in [6.45, 7) is 5.96. The number of nitriles is 1. The third-order valence-electron chi connectivity index (χ3n) is 3.34. The van der Waals surface area contributed by atoms with Crippen LogP contribution in [0.3, 0.4) is 0 Å². The summed E-state index contributed by atoms with van der Waals surface area (Å²) in [6, 6.07) is 7.52. The van der Waals surface area contributed by atoms with E-state index in [0.717, 1.165) is 31.7 Å². The van der Waals surface area contributed by atoms with E-state index >= 15 is 0 Å². The first-order chi connectivity index (χ1) is 8.24. The maximum atomic E-state index is 10.0. The van der Waals surface area contributed by atoms with Gasteiger partial charge in [-0.2, -0.15) is 5.26 Å². The summed E-state index contributed by atoms with van der Waals surface area (Å²) in [7, 11) is 0. The Hall–Kier alpha value is -0.990. The van der Waals surface area contributed by atoms with Gasteiger partial charge in [0.05, 0.1) is 5.56 Å². The number of hydrogen-bond acceptors (Lipinski definition) is 4. The van der Waals surface area contributed by atoms with Crippen molar-refractivity contribution in [2.45, 2.75) is 13.0 Å². The zero-order valence-electron chi connectivity index (χ0n) is 10.8. The fourth-order valence-corrected chi connectivity index (χ4v) is 2.25. The molecular weight excluding hydrogens is 285 g/mol. The van der Waals surface area contributed by atoms with Gasteiger partial charge >= 0.3 is 0 Å². The number of benzene rings is 1. The first-order valence-corrected chi connectivity index (χ1v) is 5.91. The van der Waals surface area contributed by atoms with Crippen LogP contribution in [0.15, 0.2) is 18.2 Å². The lowest BCUT2D eigenvalue weighted by molar-refractivity contribution is 0.183. The Bertz CT molecular complexity index is 442. The van der Waals surface area contributed by atoms with E-state index in [1.807, 2.05) is 18.2 Å². The van der Waals surface area contributed by atoms with Crippen LogP contribution in [0.25, 0.3) is 0 Å². The summed E-state index contributed by atoms with van der Waals surface area (Å²) < 4.78 is 0. The molecule has 2 N–H and O–H groups in total. The van der Waals surface area contributed by atoms with Gasteiger partial charge < -0.3 is 10.4 Å². The summed E-state index contributed by atoms with van der Waals surface area (Å²) in [6.07, 6.45) is 0. The second-order valence-corrected chi connectivity index (χ2v) is 4.32. The molecule has 1 saturated heterocycles. The molecule has 0 amide bonds. The van der Waals surface area contributed by atoms with Crippen LogP contribution in [0.5, 0.6) is 5.75 Å². The van der Waals surface area contributed by atoms with Gasteiger partial charge in [0.1, 0.15) is 11.8 Å². The molecule has 0 bridgehead atoms. The van der Waals surface area contributed by atoms with Crippen LogP contribution in [-0.4, -0.2) is 36.2 Å². The molecule has 2 rings (SSSR count). The van der Waals surface area contributed by atoms with E-state index in [-0.39, 0.29) is 36.6 Å². The zero-order chi connectivity index (χ0) is 12.3. The van der Waals surface area contributed by atoms with Crippen LogP contribution >= 0.6 is 24.8 Å². The van der Waals surface area contributed by atoms with Gasteiger partial charge in [-0.3, -0.25) is 4.90 Å². The molecule has 6 heteroatoms. The maximum Gasteiger partial charge on any atom is 0.138 e. The Morgan fingerprint density at radius 3 is 2.53 bits per heavy atom. The maximum absolute atomic E-state index is 10.0. The molecule has 0 aromatic heterocycles. The number of halogens is 2. The predicted octanol–water partition coefficient (Wildman–Crippen LogP) is 2.07. The zero-order valence-corrected chi connectivity index (χ0v) is 12.4. The lowest BCUT2D eigenvalue weighted by Crippen LogP contribution is -2.44. The van der Waals surface area contributed by atoms with Gasteiger partial charge in [-0.1, -0.05) is 12.1 Å². The lowest BCUT2D eigenvalue weighted by Gasteiger charge is -2.33. The van der Waals surface area contributed by atoms with Gasteiger partial charge in [0.25, 0.3) is 0 Å². The minimum absolute atomic E-state index is 0. The van der Waals surface area contributed by atoms with Crippen molar-refractivity contribution in [1.29, 1.82) is 5.26 Å². The second-order valence-electron chi connectivity index (χ2n) is 4.32. The largest absolute Gasteiger partial charge is 0.506 e. The Morgan fingerprint density at radius 2 is 1.95 bits per heavy atom. The molecule has 1 aromatic carbocycles. The quantitative estimate of drug-likeness (QED) is 0.878. The van der Waals surface area contributed by atoms with Crippen molar-refractivity contribution in [3.05, 3.63) is 29.3 Å². The highest BCUT2D eigenvalue weighted by atomic mass is 35.5. The van der Waals surface area contributed by atoms with Gasteiger partial charge in [0.2, 0.25) is 0 Å². The molecule has 1 atom stereocenters. The van der Waals surface area contributed by atoms with Crippen molar-refractivity contribution >= 4 is 24.8 Å². The molecule has 1 aliphatic heterocycles. The van der Waals surface area contributed by atoms with Crippen molar-refractivity contribution in [3.63, 3.8) is 0 Å². The molecular formula is C13H19Cl2N3O. The van der Waals surface area contributed by atoms with Gasteiger partial charge in [-0.25, -0.2) is 0 Å². The summed E-state index contributed by atoms with van der Waals surface area (Å²) >= 11 is 0. The van der Waals surface area contributed by atoms with Gasteiger partial charge in [-0.05, 0) is 13.0 Å². The van der Waals surface area contributed by atoms with Gasteiger partial charge in [0.15, 0.2) is 0 Å². The number of phenolic OH excluding ortho intramolecular Hbond substituents is 1. The van der Waals surface area contributed by atoms with E-state index in [4.69, 9.17) is 5.26 Å². The molecule has 19 heavy (non-hydrogen) atoms. The third-order valence-corrected chi connectivity index (χ3v) is 3.34. The molecule has 1 heterocycles. The predicted molar refractivity (Wildman–Crippen MR) is 80.2 cm³/mol. The number of nitrogens with one attached hydrogen (secondary N) is 1. The number of nitrogens with zero attached hydrogens (tertiary/aromatic N) is 2. The standard InChI is InChI=1S/C13H17N3O.2ClH/c1-10(16-7-5-15-6-8-16)12-4-2-3-11(9-14)13(12)17;;/h2-4,10,15,17H,5-8H2,1H3;2*1H/t10-;;/m0../s1. The van der Waals surface area contributed by atoms with E-state index in [1.54, 1.807) is 6.07 Å². The summed E-state index contributed by atoms with van der Waals surface area (Å²) in [5.74, 6) is 0.126. The van der Waals surface area contributed by atoms with E-state index < -0.39 is 0 Å².